The Balaban J connectivity index is 2.47. The van der Waals surface area contributed by atoms with E-state index >= 15 is 0 Å². The van der Waals surface area contributed by atoms with Gasteiger partial charge in [-0.15, -0.1) is 0 Å². The molecule has 104 valence electrons. The summed E-state index contributed by atoms with van der Waals surface area (Å²) in [6, 6.07) is 6.94. The Hall–Kier alpha value is -1.56. The Bertz CT molecular complexity index is 434. The molecule has 1 unspecified atom stereocenters. The van der Waals surface area contributed by atoms with Crippen LogP contribution < -0.4 is 15.8 Å². The molecule has 1 aromatic rings. The fourth-order valence-electron chi connectivity index (χ4n) is 1.31. The molecule has 0 saturated heterocycles. The molecule has 0 aliphatic carbocycles. The van der Waals surface area contributed by atoms with Crippen LogP contribution in [0.4, 0.5) is 5.69 Å². The van der Waals surface area contributed by atoms with Gasteiger partial charge < -0.3 is 15.8 Å². The average Bonchev–Trinajstić information content (AvgIpc) is 2.39. The third-order valence-corrected chi connectivity index (χ3v) is 3.45. The summed E-state index contributed by atoms with van der Waals surface area (Å²) in [6.07, 6.45) is 0.903. The van der Waals surface area contributed by atoms with Crippen LogP contribution in [0.1, 0.15) is 19.8 Å². The molecule has 19 heavy (non-hydrogen) atoms. The van der Waals surface area contributed by atoms with Gasteiger partial charge in [0.15, 0.2) is 0 Å². The van der Waals surface area contributed by atoms with Gasteiger partial charge in [0.1, 0.15) is 5.75 Å². The number of nitrogens with two attached hydrogens (primary N) is 1. The van der Waals surface area contributed by atoms with Gasteiger partial charge in [-0.3, -0.25) is 9.59 Å². The van der Waals surface area contributed by atoms with Gasteiger partial charge in [0.05, 0.1) is 17.9 Å². The summed E-state index contributed by atoms with van der Waals surface area (Å²) >= 11 is 3.28. The number of alkyl halides is 1. The van der Waals surface area contributed by atoms with E-state index in [1.54, 1.807) is 24.3 Å². The average molecular weight is 329 g/mol. The highest BCUT2D eigenvalue weighted by Gasteiger charge is 2.11. The summed E-state index contributed by atoms with van der Waals surface area (Å²) in [6.45, 7) is 2.18. The van der Waals surface area contributed by atoms with Crippen molar-refractivity contribution in [2.75, 3.05) is 11.9 Å². The number of anilines is 1. The molecule has 0 aliphatic rings. The van der Waals surface area contributed by atoms with Crippen molar-refractivity contribution in [1.29, 1.82) is 0 Å². The minimum atomic E-state index is -0.396. The number of hydrogen-bond acceptors (Lipinski definition) is 3. The lowest BCUT2D eigenvalue weighted by molar-refractivity contribution is -0.118. The Labute approximate surface area is 120 Å². The first-order valence-electron chi connectivity index (χ1n) is 5.99. The largest absolute Gasteiger partial charge is 0.493 e. The molecule has 1 rings (SSSR count). The quantitative estimate of drug-likeness (QED) is 0.751. The molecule has 0 bridgehead atoms. The summed E-state index contributed by atoms with van der Waals surface area (Å²) < 4.78 is 5.32. The number of ether oxygens (including phenoxy) is 1. The molecule has 0 saturated carbocycles. The van der Waals surface area contributed by atoms with E-state index < -0.39 is 5.91 Å². The molecule has 3 N–H and O–H groups in total. The maximum Gasteiger partial charge on any atom is 0.238 e. The van der Waals surface area contributed by atoms with E-state index in [0.717, 1.165) is 6.42 Å². The third kappa shape index (κ3) is 5.74. The van der Waals surface area contributed by atoms with E-state index in [-0.39, 0.29) is 23.8 Å². The summed E-state index contributed by atoms with van der Waals surface area (Å²) in [5.41, 5.74) is 5.71. The Morgan fingerprint density at radius 2 is 2.00 bits per heavy atom. The number of nitrogens with one attached hydrogen (secondary N) is 1. The zero-order valence-electron chi connectivity index (χ0n) is 10.7. The van der Waals surface area contributed by atoms with Crippen molar-refractivity contribution < 1.29 is 14.3 Å². The van der Waals surface area contributed by atoms with Crippen LogP contribution in [0.15, 0.2) is 24.3 Å². The Morgan fingerprint density at radius 1 is 1.37 bits per heavy atom. The normalized spacial score (nSPS) is 11.7. The molecule has 0 fully saturated rings. The standard InChI is InChI=1S/C13H17BrN2O3/c1-2-11(14)13(18)16-9-3-5-10(6-4-9)19-8-7-12(15)17/h3-6,11H,2,7-8H2,1H3,(H2,15,17)(H,16,18). The first-order chi connectivity index (χ1) is 9.02. The highest BCUT2D eigenvalue weighted by atomic mass is 79.9. The molecule has 0 heterocycles. The van der Waals surface area contributed by atoms with Gasteiger partial charge >= 0.3 is 0 Å². The minimum absolute atomic E-state index is 0.0788. The first kappa shape index (κ1) is 15.5. The molecule has 1 aromatic carbocycles. The lowest BCUT2D eigenvalue weighted by Crippen LogP contribution is -2.21. The fraction of sp³-hybridized carbons (Fsp3) is 0.385. The van der Waals surface area contributed by atoms with Gasteiger partial charge in [0.2, 0.25) is 11.8 Å². The van der Waals surface area contributed by atoms with Crippen molar-refractivity contribution >= 4 is 33.4 Å². The number of carbonyl (C=O) groups excluding carboxylic acids is 2. The van der Waals surface area contributed by atoms with Crippen LogP contribution in [0.5, 0.6) is 5.75 Å². The van der Waals surface area contributed by atoms with Crippen LogP contribution in [0.2, 0.25) is 0 Å². The second kappa shape index (κ2) is 7.78. The van der Waals surface area contributed by atoms with Gasteiger partial charge in [-0.1, -0.05) is 22.9 Å². The van der Waals surface area contributed by atoms with E-state index in [2.05, 4.69) is 21.2 Å². The number of primary amides is 1. The first-order valence-corrected chi connectivity index (χ1v) is 6.90. The highest BCUT2D eigenvalue weighted by Crippen LogP contribution is 2.17. The number of carbonyl (C=O) groups is 2. The van der Waals surface area contributed by atoms with Gasteiger partial charge in [-0.05, 0) is 30.7 Å². The summed E-state index contributed by atoms with van der Waals surface area (Å²) in [5.74, 6) is 0.154. The third-order valence-electron chi connectivity index (χ3n) is 2.38. The van der Waals surface area contributed by atoms with Crippen LogP contribution in [0.25, 0.3) is 0 Å². The molecule has 5 nitrogen and oxygen atoms in total. The molecule has 0 aliphatic heterocycles. The second-order valence-corrected chi connectivity index (χ2v) is 5.06. The van der Waals surface area contributed by atoms with Crippen LogP contribution in [0, 0.1) is 0 Å². The topological polar surface area (TPSA) is 81.4 Å². The fourth-order valence-corrected chi connectivity index (χ4v) is 1.42. The van der Waals surface area contributed by atoms with Crippen molar-refractivity contribution in [3.05, 3.63) is 24.3 Å². The molecular formula is C13H17BrN2O3. The van der Waals surface area contributed by atoms with E-state index in [4.69, 9.17) is 10.5 Å². The molecular weight excluding hydrogens is 312 g/mol. The number of benzene rings is 1. The number of amides is 2. The van der Waals surface area contributed by atoms with Gasteiger partial charge in [-0.2, -0.15) is 0 Å². The summed E-state index contributed by atoms with van der Waals surface area (Å²) in [4.78, 5) is 22.0. The van der Waals surface area contributed by atoms with Crippen LogP contribution in [-0.2, 0) is 9.59 Å². The van der Waals surface area contributed by atoms with E-state index in [1.807, 2.05) is 6.92 Å². The van der Waals surface area contributed by atoms with Crippen molar-refractivity contribution in [3.63, 3.8) is 0 Å². The van der Waals surface area contributed by atoms with Crippen LogP contribution >= 0.6 is 15.9 Å². The van der Waals surface area contributed by atoms with Gasteiger partial charge in [0, 0.05) is 5.69 Å². The van der Waals surface area contributed by atoms with Crippen molar-refractivity contribution in [3.8, 4) is 5.75 Å². The predicted molar refractivity (Wildman–Crippen MR) is 77.4 cm³/mol. The summed E-state index contributed by atoms with van der Waals surface area (Å²) in [7, 11) is 0. The Kier molecular flexibility index (Phi) is 6.35. The van der Waals surface area contributed by atoms with E-state index in [1.165, 1.54) is 0 Å². The number of halogens is 1. The van der Waals surface area contributed by atoms with E-state index in [9.17, 15) is 9.59 Å². The monoisotopic (exact) mass is 328 g/mol. The smallest absolute Gasteiger partial charge is 0.238 e. The highest BCUT2D eigenvalue weighted by molar-refractivity contribution is 9.10. The van der Waals surface area contributed by atoms with Gasteiger partial charge in [0.25, 0.3) is 0 Å². The number of hydrogen-bond donors (Lipinski definition) is 2. The van der Waals surface area contributed by atoms with E-state index in [0.29, 0.717) is 11.4 Å². The maximum absolute atomic E-state index is 11.6. The van der Waals surface area contributed by atoms with Crippen LogP contribution in [-0.4, -0.2) is 23.2 Å². The lowest BCUT2D eigenvalue weighted by Gasteiger charge is -2.10. The maximum atomic E-state index is 11.6. The zero-order valence-corrected chi connectivity index (χ0v) is 12.3. The number of rotatable bonds is 7. The molecule has 6 heteroatoms. The predicted octanol–water partition coefficient (Wildman–Crippen LogP) is 2.05. The summed E-state index contributed by atoms with van der Waals surface area (Å²) in [5, 5.41) is 2.78. The molecule has 2 amide bonds. The van der Waals surface area contributed by atoms with Crippen LogP contribution in [0.3, 0.4) is 0 Å². The van der Waals surface area contributed by atoms with Gasteiger partial charge in [-0.25, -0.2) is 0 Å². The lowest BCUT2D eigenvalue weighted by atomic mass is 10.2. The Morgan fingerprint density at radius 3 is 2.53 bits per heavy atom. The molecule has 0 radical (unpaired) electrons. The minimum Gasteiger partial charge on any atom is -0.493 e. The molecule has 0 spiro atoms. The van der Waals surface area contributed by atoms with Crippen molar-refractivity contribution in [2.45, 2.75) is 24.6 Å². The van der Waals surface area contributed by atoms with Crippen molar-refractivity contribution in [1.82, 2.24) is 0 Å². The van der Waals surface area contributed by atoms with Crippen molar-refractivity contribution in [2.24, 2.45) is 5.73 Å². The molecule has 1 atom stereocenters. The SMILES string of the molecule is CCC(Br)C(=O)Nc1ccc(OCCC(N)=O)cc1. The second-order valence-electron chi connectivity index (χ2n) is 3.95. The molecule has 0 aromatic heterocycles. The zero-order chi connectivity index (χ0) is 14.3.